The van der Waals surface area contributed by atoms with Gasteiger partial charge in [-0.1, -0.05) is 0 Å². The zero-order valence-electron chi connectivity index (χ0n) is 8.43. The van der Waals surface area contributed by atoms with Crippen molar-refractivity contribution in [2.75, 3.05) is 6.54 Å². The Morgan fingerprint density at radius 2 is 2.40 bits per heavy atom. The van der Waals surface area contributed by atoms with Crippen LogP contribution in [-0.2, 0) is 4.79 Å². The van der Waals surface area contributed by atoms with E-state index in [2.05, 4.69) is 33.9 Å². The van der Waals surface area contributed by atoms with E-state index in [-0.39, 0.29) is 0 Å². The number of hydrogen-bond donors (Lipinski definition) is 0. The normalized spacial score (nSPS) is 24.7. The van der Waals surface area contributed by atoms with Crippen molar-refractivity contribution in [2.45, 2.75) is 24.3 Å². The molecule has 4 heteroatoms. The van der Waals surface area contributed by atoms with Crippen LogP contribution < -0.4 is 9.16 Å². The molecular formula is C11H13N2OSe+. The minimum atomic E-state index is 0.316. The van der Waals surface area contributed by atoms with Crippen molar-refractivity contribution >= 4 is 25.5 Å². The summed E-state index contributed by atoms with van der Waals surface area (Å²) < 4.78 is 3.69. The number of hydrogen-bond acceptors (Lipinski definition) is 1. The summed E-state index contributed by atoms with van der Waals surface area (Å²) in [6.07, 6.45) is 4.20. The second-order valence-corrected chi connectivity index (χ2v) is 6.11. The molecule has 1 saturated heterocycles. The summed E-state index contributed by atoms with van der Waals surface area (Å²) in [7, 11) is 0. The molecule has 1 amide bonds. The average molecular weight is 268 g/mol. The van der Waals surface area contributed by atoms with Crippen LogP contribution in [0.15, 0.2) is 24.4 Å². The number of carbonyl (C=O) groups is 1. The second kappa shape index (κ2) is 3.62. The molecular weight excluding hydrogens is 255 g/mol. The van der Waals surface area contributed by atoms with Crippen LogP contribution in [0.25, 0.3) is 0 Å². The van der Waals surface area contributed by atoms with Crippen molar-refractivity contribution in [1.29, 1.82) is 0 Å². The summed E-state index contributed by atoms with van der Waals surface area (Å²) in [5, 5.41) is 1.14. The van der Waals surface area contributed by atoms with Gasteiger partial charge in [0.1, 0.15) is 0 Å². The number of likely N-dealkylation sites (tertiary alicyclic amines) is 1. The van der Waals surface area contributed by atoms with Crippen molar-refractivity contribution in [3.05, 3.63) is 24.4 Å². The topological polar surface area (TPSA) is 24.2 Å². The van der Waals surface area contributed by atoms with Crippen LogP contribution >= 0.6 is 0 Å². The molecule has 1 aromatic rings. The Morgan fingerprint density at radius 1 is 1.47 bits per heavy atom. The van der Waals surface area contributed by atoms with Crippen molar-refractivity contribution in [3.63, 3.8) is 0 Å². The molecule has 0 radical (unpaired) electrons. The van der Waals surface area contributed by atoms with Gasteiger partial charge in [-0.2, -0.15) is 0 Å². The van der Waals surface area contributed by atoms with E-state index in [1.807, 2.05) is 0 Å². The maximum absolute atomic E-state index is 11.7. The number of carbonyl (C=O) groups excluding carboxylic acids is 1. The molecule has 1 aromatic heterocycles. The summed E-state index contributed by atoms with van der Waals surface area (Å²) in [5.41, 5.74) is 0. The fourth-order valence-electron chi connectivity index (χ4n) is 2.27. The average Bonchev–Trinajstić information content (AvgIpc) is 2.83. The Bertz CT molecular complexity index is 407. The van der Waals surface area contributed by atoms with Crippen molar-refractivity contribution in [2.24, 2.45) is 0 Å². The van der Waals surface area contributed by atoms with Gasteiger partial charge >= 0.3 is 95.0 Å². The first-order valence-corrected chi connectivity index (χ1v) is 7.35. The van der Waals surface area contributed by atoms with Gasteiger partial charge in [-0.05, 0) is 0 Å². The molecule has 2 aliphatic heterocycles. The Hall–Kier alpha value is -0.861. The zero-order valence-corrected chi connectivity index (χ0v) is 10.1. The van der Waals surface area contributed by atoms with Crippen LogP contribution in [0.4, 0.5) is 0 Å². The molecule has 0 bridgehead atoms. The first-order valence-electron chi connectivity index (χ1n) is 5.29. The van der Waals surface area contributed by atoms with E-state index in [4.69, 9.17) is 0 Å². The van der Waals surface area contributed by atoms with E-state index in [9.17, 15) is 4.79 Å². The molecule has 3 heterocycles. The van der Waals surface area contributed by atoms with Crippen LogP contribution in [0.2, 0.25) is 5.32 Å². The molecule has 1 fully saturated rings. The molecule has 2 aliphatic rings. The van der Waals surface area contributed by atoms with Gasteiger partial charge in [0, 0.05) is 0 Å². The van der Waals surface area contributed by atoms with E-state index in [0.29, 0.717) is 27.0 Å². The zero-order chi connectivity index (χ0) is 10.3. The van der Waals surface area contributed by atoms with Gasteiger partial charge in [0.2, 0.25) is 0 Å². The molecule has 0 spiro atoms. The van der Waals surface area contributed by atoms with Gasteiger partial charge in [0.15, 0.2) is 0 Å². The van der Waals surface area contributed by atoms with E-state index in [0.717, 1.165) is 24.7 Å². The summed E-state index contributed by atoms with van der Waals surface area (Å²) in [6, 6.07) is 6.32. The summed E-state index contributed by atoms with van der Waals surface area (Å²) >= 11 is 0.537. The van der Waals surface area contributed by atoms with E-state index < -0.39 is 0 Å². The predicted octanol–water partition coefficient (Wildman–Crippen LogP) is -0.144. The summed E-state index contributed by atoms with van der Waals surface area (Å²) in [5.74, 6) is 0.333. The molecule has 0 aromatic carbocycles. The standard InChI is InChI=1S/C11H13N2OSe/c14-10-4-3-7-12(10)9-8-15-11-5-1-2-6-13(9)11/h1-2,5-6,9H,3-4,7-8H2/q+1. The molecule has 0 saturated carbocycles. The second-order valence-electron chi connectivity index (χ2n) is 3.93. The molecule has 78 valence electrons. The van der Waals surface area contributed by atoms with Crippen molar-refractivity contribution in [1.82, 2.24) is 4.90 Å². The van der Waals surface area contributed by atoms with Crippen LogP contribution in [-0.4, -0.2) is 32.3 Å². The Morgan fingerprint density at radius 3 is 3.20 bits per heavy atom. The summed E-state index contributed by atoms with van der Waals surface area (Å²) in [6.45, 7) is 0.945. The maximum atomic E-state index is 11.7. The third kappa shape index (κ3) is 1.48. The van der Waals surface area contributed by atoms with Crippen LogP contribution in [0, 0.1) is 0 Å². The number of amides is 1. The molecule has 1 atom stereocenters. The van der Waals surface area contributed by atoms with Crippen LogP contribution in [0.3, 0.4) is 0 Å². The monoisotopic (exact) mass is 269 g/mol. The van der Waals surface area contributed by atoms with Gasteiger partial charge in [0.25, 0.3) is 0 Å². The van der Waals surface area contributed by atoms with Gasteiger partial charge in [-0.3, -0.25) is 0 Å². The Labute approximate surface area is 95.2 Å². The van der Waals surface area contributed by atoms with Gasteiger partial charge in [0.05, 0.1) is 0 Å². The SMILES string of the molecule is O=C1CCCN1C1C[Se]c2cccc[n+]21. The van der Waals surface area contributed by atoms with E-state index >= 15 is 0 Å². The summed E-state index contributed by atoms with van der Waals surface area (Å²) in [4.78, 5) is 13.7. The third-order valence-corrected chi connectivity index (χ3v) is 5.35. The molecule has 15 heavy (non-hydrogen) atoms. The first kappa shape index (κ1) is 9.37. The van der Waals surface area contributed by atoms with E-state index in [1.165, 1.54) is 4.59 Å². The molecule has 0 aliphatic carbocycles. The fourth-order valence-corrected chi connectivity index (χ4v) is 4.72. The van der Waals surface area contributed by atoms with Gasteiger partial charge < -0.3 is 0 Å². The predicted molar refractivity (Wildman–Crippen MR) is 56.8 cm³/mol. The molecule has 3 rings (SSSR count). The molecule has 0 N–H and O–H groups in total. The van der Waals surface area contributed by atoms with Crippen molar-refractivity contribution < 1.29 is 9.36 Å². The fraction of sp³-hybridized carbons (Fsp3) is 0.455. The number of aromatic nitrogens is 1. The van der Waals surface area contributed by atoms with Gasteiger partial charge in [-0.25, -0.2) is 0 Å². The number of rotatable bonds is 1. The molecule has 1 unspecified atom stereocenters. The number of fused-ring (bicyclic) bond motifs is 1. The Balaban J connectivity index is 1.93. The quantitative estimate of drug-likeness (QED) is 0.514. The first-order chi connectivity index (χ1) is 7.36. The van der Waals surface area contributed by atoms with E-state index in [1.54, 1.807) is 0 Å². The number of nitrogens with zero attached hydrogens (tertiary/aromatic N) is 2. The Kier molecular flexibility index (Phi) is 2.26. The van der Waals surface area contributed by atoms with Crippen LogP contribution in [0.1, 0.15) is 19.0 Å². The van der Waals surface area contributed by atoms with Gasteiger partial charge in [-0.15, -0.1) is 0 Å². The number of pyridine rings is 1. The molecule has 3 nitrogen and oxygen atoms in total. The van der Waals surface area contributed by atoms with Crippen LogP contribution in [0.5, 0.6) is 0 Å². The third-order valence-electron chi connectivity index (χ3n) is 3.02. The van der Waals surface area contributed by atoms with Crippen molar-refractivity contribution in [3.8, 4) is 0 Å². The minimum absolute atomic E-state index is 0.316.